The predicted molar refractivity (Wildman–Crippen MR) is 98.9 cm³/mol. The van der Waals surface area contributed by atoms with Gasteiger partial charge in [0.05, 0.1) is 6.20 Å². The topological polar surface area (TPSA) is 57.2 Å². The second-order valence-electron chi connectivity index (χ2n) is 6.63. The van der Waals surface area contributed by atoms with Crippen LogP contribution in [0.4, 0.5) is 17.5 Å². The van der Waals surface area contributed by atoms with Gasteiger partial charge in [0.2, 0.25) is 5.95 Å². The molecule has 1 aliphatic heterocycles. The van der Waals surface area contributed by atoms with Gasteiger partial charge in [-0.1, -0.05) is 12.1 Å². The van der Waals surface area contributed by atoms with Crippen LogP contribution in [0.1, 0.15) is 25.0 Å². The van der Waals surface area contributed by atoms with Gasteiger partial charge in [-0.2, -0.15) is 10.1 Å². The molecule has 0 bridgehead atoms. The summed E-state index contributed by atoms with van der Waals surface area (Å²) in [5.74, 6) is 1.49. The molecular formula is C18H26N6. The molecule has 1 aliphatic rings. The number of hydrogen-bond acceptors (Lipinski definition) is 6. The summed E-state index contributed by atoms with van der Waals surface area (Å²) in [6.45, 7) is 12.4. The highest BCUT2D eigenvalue weighted by Gasteiger charge is 2.20. The van der Waals surface area contributed by atoms with E-state index in [4.69, 9.17) is 0 Å². The van der Waals surface area contributed by atoms with Gasteiger partial charge in [-0.15, -0.1) is 5.10 Å². The fraction of sp³-hybridized carbons (Fsp3) is 0.500. The molecule has 0 radical (unpaired) electrons. The number of anilines is 3. The number of nitrogens with zero attached hydrogens (tertiary/aromatic N) is 5. The van der Waals surface area contributed by atoms with Gasteiger partial charge in [-0.25, -0.2) is 0 Å². The van der Waals surface area contributed by atoms with E-state index in [0.717, 1.165) is 32.0 Å². The standard InChI is InChI=1S/C18H26N6/c1-13(2)20-18-21-17(12-19-22-18)24-10-8-23(9-11-24)16-7-5-6-14(3)15(16)4/h5-7,12-13H,8-11H2,1-4H3,(H,20,21,22). The van der Waals surface area contributed by atoms with Crippen molar-refractivity contribution in [2.45, 2.75) is 33.7 Å². The highest BCUT2D eigenvalue weighted by Crippen LogP contribution is 2.24. The fourth-order valence-corrected chi connectivity index (χ4v) is 3.02. The number of rotatable bonds is 4. The van der Waals surface area contributed by atoms with E-state index in [-0.39, 0.29) is 0 Å². The predicted octanol–water partition coefficient (Wildman–Crippen LogP) is 2.64. The molecular weight excluding hydrogens is 300 g/mol. The minimum absolute atomic E-state index is 0.295. The third-order valence-corrected chi connectivity index (χ3v) is 4.48. The van der Waals surface area contributed by atoms with Gasteiger partial charge in [-0.3, -0.25) is 0 Å². The van der Waals surface area contributed by atoms with Crippen LogP contribution in [0.2, 0.25) is 0 Å². The Balaban J connectivity index is 1.68. The smallest absolute Gasteiger partial charge is 0.244 e. The maximum Gasteiger partial charge on any atom is 0.244 e. The summed E-state index contributed by atoms with van der Waals surface area (Å²) >= 11 is 0. The van der Waals surface area contributed by atoms with E-state index < -0.39 is 0 Å². The lowest BCUT2D eigenvalue weighted by Crippen LogP contribution is -2.47. The first-order valence-corrected chi connectivity index (χ1v) is 8.57. The fourth-order valence-electron chi connectivity index (χ4n) is 3.02. The Morgan fingerprint density at radius 3 is 2.46 bits per heavy atom. The number of aryl methyl sites for hydroxylation is 1. The highest BCUT2D eigenvalue weighted by atomic mass is 15.3. The van der Waals surface area contributed by atoms with E-state index in [2.05, 4.69) is 76.2 Å². The Morgan fingerprint density at radius 2 is 1.75 bits per heavy atom. The SMILES string of the molecule is Cc1cccc(N2CCN(c3cnnc(NC(C)C)n3)CC2)c1C. The molecule has 1 saturated heterocycles. The van der Waals surface area contributed by atoms with E-state index in [1.165, 1.54) is 16.8 Å². The van der Waals surface area contributed by atoms with Crippen LogP contribution in [0.25, 0.3) is 0 Å². The molecule has 1 fully saturated rings. The molecule has 0 aliphatic carbocycles. The van der Waals surface area contributed by atoms with Crippen molar-refractivity contribution < 1.29 is 0 Å². The first kappa shape index (κ1) is 16.5. The van der Waals surface area contributed by atoms with E-state index in [1.54, 1.807) is 6.20 Å². The van der Waals surface area contributed by atoms with Crippen molar-refractivity contribution in [1.29, 1.82) is 0 Å². The number of nitrogens with one attached hydrogen (secondary N) is 1. The van der Waals surface area contributed by atoms with Crippen molar-refractivity contribution in [2.24, 2.45) is 0 Å². The first-order chi connectivity index (χ1) is 11.5. The molecule has 1 N–H and O–H groups in total. The van der Waals surface area contributed by atoms with Crippen molar-refractivity contribution in [1.82, 2.24) is 15.2 Å². The Labute approximate surface area is 143 Å². The molecule has 0 amide bonds. The van der Waals surface area contributed by atoms with Crippen molar-refractivity contribution in [2.75, 3.05) is 41.3 Å². The highest BCUT2D eigenvalue weighted by molar-refractivity contribution is 5.57. The zero-order valence-corrected chi connectivity index (χ0v) is 15.0. The monoisotopic (exact) mass is 326 g/mol. The largest absolute Gasteiger partial charge is 0.368 e. The molecule has 2 heterocycles. The van der Waals surface area contributed by atoms with Crippen LogP contribution in [0.3, 0.4) is 0 Å². The Bertz CT molecular complexity index is 692. The van der Waals surface area contributed by atoms with Gasteiger partial charge >= 0.3 is 0 Å². The lowest BCUT2D eigenvalue weighted by molar-refractivity contribution is 0.643. The number of hydrogen-bond donors (Lipinski definition) is 1. The molecule has 3 rings (SSSR count). The van der Waals surface area contributed by atoms with Crippen molar-refractivity contribution >= 4 is 17.5 Å². The second-order valence-corrected chi connectivity index (χ2v) is 6.63. The van der Waals surface area contributed by atoms with Gasteiger partial charge < -0.3 is 15.1 Å². The van der Waals surface area contributed by atoms with E-state index >= 15 is 0 Å². The zero-order valence-electron chi connectivity index (χ0n) is 15.0. The number of aromatic nitrogens is 3. The van der Waals surface area contributed by atoms with Crippen molar-refractivity contribution in [3.05, 3.63) is 35.5 Å². The Morgan fingerprint density at radius 1 is 1.04 bits per heavy atom. The van der Waals surface area contributed by atoms with E-state index in [1.807, 2.05) is 0 Å². The summed E-state index contributed by atoms with van der Waals surface area (Å²) in [5.41, 5.74) is 4.06. The minimum atomic E-state index is 0.295. The van der Waals surface area contributed by atoms with Crippen molar-refractivity contribution in [3.63, 3.8) is 0 Å². The third kappa shape index (κ3) is 3.58. The molecule has 6 heteroatoms. The molecule has 128 valence electrons. The van der Waals surface area contributed by atoms with Gasteiger partial charge in [0, 0.05) is 37.9 Å². The maximum atomic E-state index is 4.59. The lowest BCUT2D eigenvalue weighted by atomic mass is 10.1. The molecule has 1 aromatic carbocycles. The summed E-state index contributed by atoms with van der Waals surface area (Å²) < 4.78 is 0. The molecule has 2 aromatic rings. The average Bonchev–Trinajstić information content (AvgIpc) is 2.57. The molecule has 0 saturated carbocycles. The molecule has 24 heavy (non-hydrogen) atoms. The summed E-state index contributed by atoms with van der Waals surface area (Å²) in [6, 6.07) is 6.82. The summed E-state index contributed by atoms with van der Waals surface area (Å²) in [6.07, 6.45) is 1.75. The Kier molecular flexibility index (Phi) is 4.83. The van der Waals surface area contributed by atoms with Crippen LogP contribution in [-0.4, -0.2) is 47.4 Å². The van der Waals surface area contributed by atoms with Crippen molar-refractivity contribution in [3.8, 4) is 0 Å². The summed E-state index contributed by atoms with van der Waals surface area (Å²) in [7, 11) is 0. The van der Waals surface area contributed by atoms with Gasteiger partial charge in [-0.05, 0) is 44.9 Å². The van der Waals surface area contributed by atoms with Crippen LogP contribution in [0, 0.1) is 13.8 Å². The maximum absolute atomic E-state index is 4.59. The lowest BCUT2D eigenvalue weighted by Gasteiger charge is -2.37. The second kappa shape index (κ2) is 7.03. The third-order valence-electron chi connectivity index (χ3n) is 4.48. The normalized spacial score (nSPS) is 15.0. The van der Waals surface area contributed by atoms with Gasteiger partial charge in [0.15, 0.2) is 5.82 Å². The van der Waals surface area contributed by atoms with Crippen LogP contribution >= 0.6 is 0 Å². The Hall–Kier alpha value is -2.37. The zero-order chi connectivity index (χ0) is 17.1. The van der Waals surface area contributed by atoms with Crippen LogP contribution < -0.4 is 15.1 Å². The number of piperazine rings is 1. The molecule has 6 nitrogen and oxygen atoms in total. The molecule has 0 atom stereocenters. The van der Waals surface area contributed by atoms with E-state index in [0.29, 0.717) is 12.0 Å². The van der Waals surface area contributed by atoms with Gasteiger partial charge in [0.1, 0.15) is 0 Å². The molecule has 0 spiro atoms. The summed E-state index contributed by atoms with van der Waals surface area (Å²) in [4.78, 5) is 9.33. The van der Waals surface area contributed by atoms with Crippen LogP contribution in [0.15, 0.2) is 24.4 Å². The van der Waals surface area contributed by atoms with Gasteiger partial charge in [0.25, 0.3) is 0 Å². The van der Waals surface area contributed by atoms with Crippen LogP contribution in [-0.2, 0) is 0 Å². The number of benzene rings is 1. The quantitative estimate of drug-likeness (QED) is 0.932. The van der Waals surface area contributed by atoms with Crippen LogP contribution in [0.5, 0.6) is 0 Å². The molecule has 0 unspecified atom stereocenters. The average molecular weight is 326 g/mol. The first-order valence-electron chi connectivity index (χ1n) is 8.57. The summed E-state index contributed by atoms with van der Waals surface area (Å²) in [5, 5.41) is 11.3. The molecule has 1 aromatic heterocycles. The van der Waals surface area contributed by atoms with E-state index in [9.17, 15) is 0 Å². The minimum Gasteiger partial charge on any atom is -0.368 e.